The lowest BCUT2D eigenvalue weighted by molar-refractivity contribution is -0.137. The number of amides is 1. The van der Waals surface area contributed by atoms with Crippen molar-refractivity contribution in [2.45, 2.75) is 25.1 Å². The second kappa shape index (κ2) is 7.39. The van der Waals surface area contributed by atoms with Crippen LogP contribution in [-0.4, -0.2) is 35.0 Å². The minimum absolute atomic E-state index is 0.0150. The van der Waals surface area contributed by atoms with Gasteiger partial charge in [-0.3, -0.25) is 4.79 Å². The summed E-state index contributed by atoms with van der Waals surface area (Å²) in [6.07, 6.45) is -2.59. The first kappa shape index (κ1) is 18.9. The SMILES string of the molecule is NC(=O)c1ccc(Nc2ncc(C(F)(F)F)c(N3CCC(N)CC3)n2)cc1. The number of piperidine rings is 1. The molecule has 1 saturated heterocycles. The van der Waals surface area contributed by atoms with Gasteiger partial charge in [-0.15, -0.1) is 0 Å². The molecule has 0 spiro atoms. The smallest absolute Gasteiger partial charge is 0.366 e. The normalized spacial score (nSPS) is 15.6. The molecule has 10 heteroatoms. The van der Waals surface area contributed by atoms with Gasteiger partial charge in [0.25, 0.3) is 0 Å². The zero-order valence-electron chi connectivity index (χ0n) is 14.3. The van der Waals surface area contributed by atoms with Gasteiger partial charge in [0.05, 0.1) is 0 Å². The maximum atomic E-state index is 13.4. The fourth-order valence-corrected chi connectivity index (χ4v) is 2.83. The number of carbonyl (C=O) groups excluding carboxylic acids is 1. The number of halogens is 3. The van der Waals surface area contributed by atoms with E-state index in [1.54, 1.807) is 17.0 Å². The Kier molecular flexibility index (Phi) is 5.17. The first-order valence-electron chi connectivity index (χ1n) is 8.35. The van der Waals surface area contributed by atoms with Crippen molar-refractivity contribution in [2.24, 2.45) is 11.5 Å². The highest BCUT2D eigenvalue weighted by molar-refractivity contribution is 5.93. The summed E-state index contributed by atoms with van der Waals surface area (Å²) in [6, 6.07) is 6.13. The van der Waals surface area contributed by atoms with E-state index in [-0.39, 0.29) is 17.8 Å². The van der Waals surface area contributed by atoms with Crippen LogP contribution in [0.5, 0.6) is 0 Å². The zero-order valence-corrected chi connectivity index (χ0v) is 14.3. The molecule has 1 amide bonds. The van der Waals surface area contributed by atoms with E-state index in [2.05, 4.69) is 15.3 Å². The highest BCUT2D eigenvalue weighted by Gasteiger charge is 2.37. The van der Waals surface area contributed by atoms with E-state index >= 15 is 0 Å². The number of aromatic nitrogens is 2. The second-order valence-corrected chi connectivity index (χ2v) is 6.32. The van der Waals surface area contributed by atoms with Crippen LogP contribution in [0.4, 0.5) is 30.6 Å². The van der Waals surface area contributed by atoms with Crippen molar-refractivity contribution in [3.8, 4) is 0 Å². The van der Waals surface area contributed by atoms with Crippen molar-refractivity contribution >= 4 is 23.4 Å². The molecule has 1 aromatic carbocycles. The largest absolute Gasteiger partial charge is 0.421 e. The predicted molar refractivity (Wildman–Crippen MR) is 94.7 cm³/mol. The van der Waals surface area contributed by atoms with Gasteiger partial charge in [0, 0.05) is 36.6 Å². The van der Waals surface area contributed by atoms with E-state index in [0.717, 1.165) is 6.20 Å². The number of carbonyl (C=O) groups is 1. The summed E-state index contributed by atoms with van der Waals surface area (Å²) in [5.74, 6) is -0.710. The summed E-state index contributed by atoms with van der Waals surface area (Å²) in [7, 11) is 0. The molecule has 0 aliphatic carbocycles. The van der Waals surface area contributed by atoms with Crippen molar-refractivity contribution < 1.29 is 18.0 Å². The summed E-state index contributed by atoms with van der Waals surface area (Å²) in [4.78, 5) is 20.6. The molecule has 2 aromatic rings. The molecule has 5 N–H and O–H groups in total. The van der Waals surface area contributed by atoms with Crippen molar-refractivity contribution in [1.29, 1.82) is 0 Å². The van der Waals surface area contributed by atoms with Gasteiger partial charge in [0.2, 0.25) is 11.9 Å². The van der Waals surface area contributed by atoms with E-state index < -0.39 is 17.6 Å². The Labute approximate surface area is 153 Å². The number of nitrogens with one attached hydrogen (secondary N) is 1. The topological polar surface area (TPSA) is 110 Å². The molecule has 2 heterocycles. The number of alkyl halides is 3. The Morgan fingerprint density at radius 3 is 2.37 bits per heavy atom. The maximum absolute atomic E-state index is 13.4. The van der Waals surface area contributed by atoms with Gasteiger partial charge >= 0.3 is 6.18 Å². The van der Waals surface area contributed by atoms with Crippen molar-refractivity contribution in [2.75, 3.05) is 23.3 Å². The number of hydrogen-bond donors (Lipinski definition) is 3. The third-order valence-electron chi connectivity index (χ3n) is 4.34. The van der Waals surface area contributed by atoms with E-state index in [0.29, 0.717) is 37.2 Å². The molecule has 27 heavy (non-hydrogen) atoms. The quantitative estimate of drug-likeness (QED) is 0.751. The van der Waals surface area contributed by atoms with Gasteiger partial charge in [-0.05, 0) is 37.1 Å². The van der Waals surface area contributed by atoms with E-state index in [1.807, 2.05) is 0 Å². The molecule has 0 saturated carbocycles. The van der Waals surface area contributed by atoms with Crippen LogP contribution in [0, 0.1) is 0 Å². The van der Waals surface area contributed by atoms with Crippen LogP contribution >= 0.6 is 0 Å². The lowest BCUT2D eigenvalue weighted by atomic mass is 10.1. The van der Waals surface area contributed by atoms with Gasteiger partial charge in [-0.25, -0.2) is 4.98 Å². The number of anilines is 3. The minimum atomic E-state index is -4.56. The molecular formula is C17H19F3N6O. The summed E-state index contributed by atoms with van der Waals surface area (Å²) in [5, 5.41) is 2.84. The fraction of sp³-hybridized carbons (Fsp3) is 0.353. The van der Waals surface area contributed by atoms with E-state index in [1.165, 1.54) is 12.1 Å². The Bertz CT molecular complexity index is 816. The lowest BCUT2D eigenvalue weighted by Crippen LogP contribution is -2.41. The molecule has 1 fully saturated rings. The fourth-order valence-electron chi connectivity index (χ4n) is 2.83. The Morgan fingerprint density at radius 1 is 1.19 bits per heavy atom. The van der Waals surface area contributed by atoms with Gasteiger partial charge < -0.3 is 21.7 Å². The molecule has 0 radical (unpaired) electrons. The molecule has 1 aliphatic rings. The van der Waals surface area contributed by atoms with Gasteiger partial charge in [-0.2, -0.15) is 18.2 Å². The third kappa shape index (κ3) is 4.45. The molecule has 0 unspecified atom stereocenters. The summed E-state index contributed by atoms with van der Waals surface area (Å²) in [6.45, 7) is 0.794. The van der Waals surface area contributed by atoms with Crippen LogP contribution in [0.25, 0.3) is 0 Å². The highest BCUT2D eigenvalue weighted by atomic mass is 19.4. The average Bonchev–Trinajstić information content (AvgIpc) is 2.62. The molecule has 0 atom stereocenters. The number of nitrogens with two attached hydrogens (primary N) is 2. The Balaban J connectivity index is 1.88. The Morgan fingerprint density at radius 2 is 1.81 bits per heavy atom. The van der Waals surface area contributed by atoms with Crippen LogP contribution in [-0.2, 0) is 6.18 Å². The minimum Gasteiger partial charge on any atom is -0.366 e. The van der Waals surface area contributed by atoms with Gasteiger partial charge in [0.15, 0.2) is 0 Å². The first-order valence-corrected chi connectivity index (χ1v) is 8.35. The van der Waals surface area contributed by atoms with Gasteiger partial charge in [-0.1, -0.05) is 0 Å². The molecule has 1 aromatic heterocycles. The number of hydrogen-bond acceptors (Lipinski definition) is 6. The molecule has 7 nitrogen and oxygen atoms in total. The standard InChI is InChI=1S/C17H19F3N6O/c18-17(19,20)13-9-23-16(24-12-3-1-10(2-4-12)14(22)27)25-15(13)26-7-5-11(21)6-8-26/h1-4,9,11H,5-8,21H2,(H2,22,27)(H,23,24,25). The number of primary amides is 1. The number of benzene rings is 1. The van der Waals surface area contributed by atoms with E-state index in [4.69, 9.17) is 11.5 Å². The molecule has 144 valence electrons. The van der Waals surface area contributed by atoms with Crippen LogP contribution in [0.3, 0.4) is 0 Å². The van der Waals surface area contributed by atoms with Gasteiger partial charge in [0.1, 0.15) is 11.4 Å². The summed E-state index contributed by atoms with van der Waals surface area (Å²) >= 11 is 0. The predicted octanol–water partition coefficient (Wildman–Crippen LogP) is 2.27. The second-order valence-electron chi connectivity index (χ2n) is 6.32. The monoisotopic (exact) mass is 380 g/mol. The molecule has 1 aliphatic heterocycles. The van der Waals surface area contributed by atoms with Crippen molar-refractivity contribution in [3.63, 3.8) is 0 Å². The van der Waals surface area contributed by atoms with Crippen LogP contribution < -0.4 is 21.7 Å². The van der Waals surface area contributed by atoms with Crippen molar-refractivity contribution in [1.82, 2.24) is 9.97 Å². The lowest BCUT2D eigenvalue weighted by Gasteiger charge is -2.32. The molecule has 3 rings (SSSR count). The van der Waals surface area contributed by atoms with Crippen LogP contribution in [0.15, 0.2) is 30.5 Å². The molecular weight excluding hydrogens is 361 g/mol. The average molecular weight is 380 g/mol. The van der Waals surface area contributed by atoms with Crippen LogP contribution in [0.2, 0.25) is 0 Å². The number of nitrogens with zero attached hydrogens (tertiary/aromatic N) is 3. The highest BCUT2D eigenvalue weighted by Crippen LogP contribution is 2.36. The summed E-state index contributed by atoms with van der Waals surface area (Å²) in [5.41, 5.74) is 11.0. The Hall–Kier alpha value is -2.88. The number of rotatable bonds is 4. The van der Waals surface area contributed by atoms with Crippen LogP contribution in [0.1, 0.15) is 28.8 Å². The first-order chi connectivity index (χ1) is 12.7. The van der Waals surface area contributed by atoms with Crippen molar-refractivity contribution in [3.05, 3.63) is 41.6 Å². The third-order valence-corrected chi connectivity index (χ3v) is 4.34. The molecule has 0 bridgehead atoms. The van der Waals surface area contributed by atoms with E-state index in [9.17, 15) is 18.0 Å². The maximum Gasteiger partial charge on any atom is 0.421 e. The zero-order chi connectivity index (χ0) is 19.6. The summed E-state index contributed by atoms with van der Waals surface area (Å²) < 4.78 is 40.1.